The Morgan fingerprint density at radius 2 is 1.84 bits per heavy atom. The molecule has 1 aromatic carbocycles. The highest BCUT2D eigenvalue weighted by Gasteiger charge is 2.30. The normalized spacial score (nSPS) is 23.9. The van der Waals surface area contributed by atoms with E-state index in [-0.39, 0.29) is 0 Å². The van der Waals surface area contributed by atoms with Crippen LogP contribution in [0.15, 0.2) is 40.9 Å². The smallest absolute Gasteiger partial charge is 0.209 e. The van der Waals surface area contributed by atoms with E-state index in [0.717, 1.165) is 11.3 Å². The van der Waals surface area contributed by atoms with Gasteiger partial charge in [0.1, 0.15) is 0 Å². The van der Waals surface area contributed by atoms with Crippen LogP contribution >= 0.6 is 0 Å². The van der Waals surface area contributed by atoms with Crippen molar-refractivity contribution in [1.82, 2.24) is 9.88 Å². The summed E-state index contributed by atoms with van der Waals surface area (Å²) >= 11 is 0. The number of hydrogen-bond acceptors (Lipinski definition) is 5. The fraction of sp³-hybridized carbons (Fsp3) is 0.357. The summed E-state index contributed by atoms with van der Waals surface area (Å²) in [4.78, 5) is 6.16. The maximum absolute atomic E-state index is 9.49. The lowest BCUT2D eigenvalue weighted by atomic mass is 10.2. The first kappa shape index (κ1) is 12.3. The van der Waals surface area contributed by atoms with Crippen molar-refractivity contribution in [2.24, 2.45) is 0 Å². The van der Waals surface area contributed by atoms with Crippen molar-refractivity contribution >= 4 is 0 Å². The molecular weight excluding hydrogens is 244 g/mol. The third kappa shape index (κ3) is 2.68. The number of β-amino-alcohol motifs (C(OH)–C–C–N with tert-alkyl or cyclic N) is 2. The fourth-order valence-electron chi connectivity index (χ4n) is 2.29. The molecule has 0 radical (unpaired) electrons. The van der Waals surface area contributed by atoms with Crippen LogP contribution in [0.1, 0.15) is 5.89 Å². The van der Waals surface area contributed by atoms with Gasteiger partial charge < -0.3 is 14.6 Å². The fourth-order valence-corrected chi connectivity index (χ4v) is 2.29. The van der Waals surface area contributed by atoms with Gasteiger partial charge in [-0.25, -0.2) is 4.98 Å². The Morgan fingerprint density at radius 1 is 1.16 bits per heavy atom. The van der Waals surface area contributed by atoms with Gasteiger partial charge in [0.05, 0.1) is 24.9 Å². The highest BCUT2D eigenvalue weighted by Crippen LogP contribution is 2.21. The van der Waals surface area contributed by atoms with Gasteiger partial charge in [-0.2, -0.15) is 0 Å². The van der Waals surface area contributed by atoms with Gasteiger partial charge in [0, 0.05) is 18.7 Å². The maximum Gasteiger partial charge on any atom is 0.209 e. The van der Waals surface area contributed by atoms with Crippen LogP contribution in [0.3, 0.4) is 0 Å². The van der Waals surface area contributed by atoms with Gasteiger partial charge in [0.15, 0.2) is 5.76 Å². The minimum absolute atomic E-state index is 0.449. The first-order chi connectivity index (χ1) is 9.22. The second kappa shape index (κ2) is 5.13. The molecule has 2 N–H and O–H groups in total. The Morgan fingerprint density at radius 3 is 2.53 bits per heavy atom. The number of rotatable bonds is 3. The van der Waals surface area contributed by atoms with Crippen LogP contribution in [0.5, 0.6) is 0 Å². The average Bonchev–Trinajstić information content (AvgIpc) is 2.99. The Labute approximate surface area is 111 Å². The highest BCUT2D eigenvalue weighted by molar-refractivity contribution is 5.55. The van der Waals surface area contributed by atoms with E-state index in [1.807, 2.05) is 35.2 Å². The van der Waals surface area contributed by atoms with Gasteiger partial charge in [-0.15, -0.1) is 0 Å². The molecule has 3 rings (SSSR count). The zero-order valence-corrected chi connectivity index (χ0v) is 10.4. The van der Waals surface area contributed by atoms with Crippen molar-refractivity contribution in [1.29, 1.82) is 0 Å². The van der Waals surface area contributed by atoms with E-state index in [0.29, 0.717) is 25.5 Å². The third-order valence-electron chi connectivity index (χ3n) is 3.31. The standard InChI is InChI=1S/C14H16N2O3/c17-11-7-16(8-12(11)18)9-14-15-6-13(19-14)10-4-2-1-3-5-10/h1-6,11-12,17-18H,7-9H2. The number of aliphatic hydroxyl groups is 2. The second-order valence-electron chi connectivity index (χ2n) is 4.81. The highest BCUT2D eigenvalue weighted by atomic mass is 16.4. The summed E-state index contributed by atoms with van der Waals surface area (Å²) in [6.07, 6.45) is 0.347. The Hall–Kier alpha value is -1.69. The molecule has 0 amide bonds. The number of oxazole rings is 1. The number of nitrogens with zero attached hydrogens (tertiary/aromatic N) is 2. The van der Waals surface area contributed by atoms with Crippen LogP contribution in [0.4, 0.5) is 0 Å². The van der Waals surface area contributed by atoms with Gasteiger partial charge in [-0.05, 0) is 0 Å². The first-order valence-electron chi connectivity index (χ1n) is 6.31. The summed E-state index contributed by atoms with van der Waals surface area (Å²) < 4.78 is 5.69. The number of likely N-dealkylation sites (tertiary alicyclic amines) is 1. The summed E-state index contributed by atoms with van der Waals surface area (Å²) in [5, 5.41) is 19.0. The molecule has 1 aliphatic heterocycles. The molecule has 2 aromatic rings. The maximum atomic E-state index is 9.49. The van der Waals surface area contributed by atoms with E-state index >= 15 is 0 Å². The molecule has 5 nitrogen and oxygen atoms in total. The average molecular weight is 260 g/mol. The minimum atomic E-state index is -0.677. The Balaban J connectivity index is 1.69. The van der Waals surface area contributed by atoms with Crippen molar-refractivity contribution in [3.8, 4) is 11.3 Å². The van der Waals surface area contributed by atoms with E-state index in [1.54, 1.807) is 6.20 Å². The molecule has 0 saturated carbocycles. The van der Waals surface area contributed by atoms with E-state index in [4.69, 9.17) is 4.42 Å². The van der Waals surface area contributed by atoms with Crippen LogP contribution in [-0.2, 0) is 6.54 Å². The molecule has 2 atom stereocenters. The van der Waals surface area contributed by atoms with E-state index < -0.39 is 12.2 Å². The molecule has 2 heterocycles. The van der Waals surface area contributed by atoms with Gasteiger partial charge in [-0.1, -0.05) is 30.3 Å². The molecule has 0 spiro atoms. The predicted molar refractivity (Wildman–Crippen MR) is 69.2 cm³/mol. The summed E-state index contributed by atoms with van der Waals surface area (Å²) in [5.74, 6) is 1.33. The zero-order valence-electron chi connectivity index (χ0n) is 10.4. The van der Waals surface area contributed by atoms with Crippen molar-refractivity contribution in [2.45, 2.75) is 18.8 Å². The molecule has 0 bridgehead atoms. The van der Waals surface area contributed by atoms with Crippen LogP contribution in [0, 0.1) is 0 Å². The predicted octanol–water partition coefficient (Wildman–Crippen LogP) is 0.879. The SMILES string of the molecule is OC1CN(Cc2ncc(-c3ccccc3)o2)CC1O. The number of aliphatic hydroxyl groups excluding tert-OH is 2. The monoisotopic (exact) mass is 260 g/mol. The summed E-state index contributed by atoms with van der Waals surface area (Å²) in [5.41, 5.74) is 0.989. The van der Waals surface area contributed by atoms with Crippen LogP contribution < -0.4 is 0 Å². The van der Waals surface area contributed by atoms with Crippen molar-refractivity contribution in [3.05, 3.63) is 42.4 Å². The van der Waals surface area contributed by atoms with Gasteiger partial charge in [0.2, 0.25) is 5.89 Å². The molecule has 1 saturated heterocycles. The molecule has 100 valence electrons. The van der Waals surface area contributed by atoms with Crippen LogP contribution in [0.25, 0.3) is 11.3 Å². The van der Waals surface area contributed by atoms with Crippen LogP contribution in [0.2, 0.25) is 0 Å². The van der Waals surface area contributed by atoms with Gasteiger partial charge >= 0.3 is 0 Å². The Bertz CT molecular complexity index is 531. The molecule has 1 aliphatic rings. The molecule has 19 heavy (non-hydrogen) atoms. The van der Waals surface area contributed by atoms with Crippen molar-refractivity contribution in [2.75, 3.05) is 13.1 Å². The van der Waals surface area contributed by atoms with Crippen molar-refractivity contribution in [3.63, 3.8) is 0 Å². The topological polar surface area (TPSA) is 69.7 Å². The first-order valence-corrected chi connectivity index (χ1v) is 6.31. The van der Waals surface area contributed by atoms with E-state index in [2.05, 4.69) is 4.98 Å². The zero-order chi connectivity index (χ0) is 13.2. The second-order valence-corrected chi connectivity index (χ2v) is 4.81. The minimum Gasteiger partial charge on any atom is -0.439 e. The summed E-state index contributed by atoms with van der Waals surface area (Å²) in [7, 11) is 0. The molecule has 2 unspecified atom stereocenters. The lowest BCUT2D eigenvalue weighted by Crippen LogP contribution is -2.22. The number of aromatic nitrogens is 1. The van der Waals surface area contributed by atoms with Crippen LogP contribution in [-0.4, -0.2) is 45.4 Å². The lowest BCUT2D eigenvalue weighted by molar-refractivity contribution is 0.0572. The molecule has 0 aliphatic carbocycles. The quantitative estimate of drug-likeness (QED) is 0.857. The largest absolute Gasteiger partial charge is 0.439 e. The van der Waals surface area contributed by atoms with E-state index in [1.165, 1.54) is 0 Å². The summed E-state index contributed by atoms with van der Waals surface area (Å²) in [6, 6.07) is 9.78. The number of hydrogen-bond donors (Lipinski definition) is 2. The van der Waals surface area contributed by atoms with Crippen molar-refractivity contribution < 1.29 is 14.6 Å². The number of benzene rings is 1. The van der Waals surface area contributed by atoms with Gasteiger partial charge in [0.25, 0.3) is 0 Å². The third-order valence-corrected chi connectivity index (χ3v) is 3.31. The molecular formula is C14H16N2O3. The molecule has 5 heteroatoms. The van der Waals surface area contributed by atoms with Gasteiger partial charge in [-0.3, -0.25) is 4.90 Å². The summed E-state index contributed by atoms with van der Waals surface area (Å²) in [6.45, 7) is 1.40. The Kier molecular flexibility index (Phi) is 3.33. The molecule has 1 aromatic heterocycles. The molecule has 1 fully saturated rings. The van der Waals surface area contributed by atoms with E-state index in [9.17, 15) is 10.2 Å². The lowest BCUT2D eigenvalue weighted by Gasteiger charge is -2.11.